The predicted molar refractivity (Wildman–Crippen MR) is 86.3 cm³/mol. The lowest BCUT2D eigenvalue weighted by Crippen LogP contribution is -2.40. The monoisotopic (exact) mass is 293 g/mol. The first-order chi connectivity index (χ1) is 10.7. The van der Waals surface area contributed by atoms with Crippen LogP contribution >= 0.6 is 0 Å². The summed E-state index contributed by atoms with van der Waals surface area (Å²) < 4.78 is 2.49. The molecule has 0 bridgehead atoms. The number of benzene rings is 1. The van der Waals surface area contributed by atoms with Crippen molar-refractivity contribution in [1.29, 1.82) is 0 Å². The minimum Gasteiger partial charge on any atom is -0.326 e. The van der Waals surface area contributed by atoms with Crippen molar-refractivity contribution in [3.8, 4) is 5.69 Å². The second-order valence-electron chi connectivity index (χ2n) is 6.36. The third-order valence-corrected chi connectivity index (χ3v) is 4.79. The molecule has 1 N–H and O–H groups in total. The fraction of sp³-hybridized carbons (Fsp3) is 0.368. The normalized spacial score (nSPS) is 15.5. The van der Waals surface area contributed by atoms with Crippen molar-refractivity contribution >= 4 is 11.6 Å². The third-order valence-electron chi connectivity index (χ3n) is 4.79. The second-order valence-corrected chi connectivity index (χ2v) is 6.36. The minimum atomic E-state index is -0.0260. The van der Waals surface area contributed by atoms with Gasteiger partial charge in [-0.1, -0.05) is 0 Å². The van der Waals surface area contributed by atoms with Crippen LogP contribution in [-0.2, 0) is 30.5 Å². The number of carbonyl (C=O) groups is 1. The summed E-state index contributed by atoms with van der Waals surface area (Å²) in [5.41, 5.74) is 8.14. The van der Waals surface area contributed by atoms with E-state index in [0.717, 1.165) is 5.69 Å². The number of fused-ring (bicyclic) bond motifs is 2. The maximum atomic E-state index is 11.2. The molecule has 1 amide bonds. The van der Waals surface area contributed by atoms with Crippen LogP contribution in [0.4, 0.5) is 5.69 Å². The van der Waals surface area contributed by atoms with Gasteiger partial charge in [0.1, 0.15) is 0 Å². The lowest BCUT2D eigenvalue weighted by molar-refractivity contribution is -0.612. The Hall–Kier alpha value is -2.16. The van der Waals surface area contributed by atoms with Crippen LogP contribution in [0.15, 0.2) is 30.3 Å². The summed E-state index contributed by atoms with van der Waals surface area (Å²) in [6, 6.07) is 10.7. The summed E-state index contributed by atoms with van der Waals surface area (Å²) in [5, 5.41) is 2.84. The molecule has 3 heteroatoms. The van der Waals surface area contributed by atoms with Gasteiger partial charge in [0.15, 0.2) is 11.4 Å². The van der Waals surface area contributed by atoms with Crippen molar-refractivity contribution in [2.75, 3.05) is 5.32 Å². The molecule has 0 saturated carbocycles. The Kier molecular flexibility index (Phi) is 3.21. The number of amides is 1. The van der Waals surface area contributed by atoms with Gasteiger partial charge in [-0.05, 0) is 43.9 Å². The van der Waals surface area contributed by atoms with Gasteiger partial charge >= 0.3 is 0 Å². The Morgan fingerprint density at radius 1 is 0.955 bits per heavy atom. The molecule has 0 spiro atoms. The summed E-state index contributed by atoms with van der Waals surface area (Å²) >= 11 is 0. The van der Waals surface area contributed by atoms with Gasteiger partial charge in [0.05, 0.1) is 0 Å². The molecule has 0 atom stereocenters. The summed E-state index contributed by atoms with van der Waals surface area (Å²) in [6.07, 6.45) is 7.32. The SMILES string of the molecule is CC(=O)Nc1ccc(-[n+]2c3c(cc4c2CCC4)CCC3)cc1. The number of nitrogens with one attached hydrogen (secondary N) is 1. The highest BCUT2D eigenvalue weighted by atomic mass is 16.1. The Labute approximate surface area is 131 Å². The van der Waals surface area contributed by atoms with E-state index in [-0.39, 0.29) is 5.91 Å². The average molecular weight is 293 g/mol. The molecular formula is C19H21N2O+. The number of hydrogen-bond donors (Lipinski definition) is 1. The van der Waals surface area contributed by atoms with E-state index in [0.29, 0.717) is 0 Å². The topological polar surface area (TPSA) is 33.0 Å². The summed E-state index contributed by atoms with van der Waals surface area (Å²) in [6.45, 7) is 1.54. The van der Waals surface area contributed by atoms with Gasteiger partial charge in [-0.25, -0.2) is 0 Å². The molecule has 22 heavy (non-hydrogen) atoms. The summed E-state index contributed by atoms with van der Waals surface area (Å²) in [4.78, 5) is 11.2. The second kappa shape index (κ2) is 5.24. The molecule has 2 aromatic rings. The average Bonchev–Trinajstić information content (AvgIpc) is 3.13. The molecule has 1 heterocycles. The zero-order valence-corrected chi connectivity index (χ0v) is 13.0. The molecule has 0 fully saturated rings. The first-order valence-corrected chi connectivity index (χ1v) is 8.19. The van der Waals surface area contributed by atoms with Gasteiger partial charge in [-0.2, -0.15) is 4.57 Å². The molecule has 0 saturated heterocycles. The molecule has 0 radical (unpaired) electrons. The Balaban J connectivity index is 1.81. The van der Waals surface area contributed by atoms with Crippen LogP contribution in [0, 0.1) is 0 Å². The Bertz CT molecular complexity index is 715. The summed E-state index contributed by atoms with van der Waals surface area (Å²) in [5.74, 6) is -0.0260. The van der Waals surface area contributed by atoms with Crippen LogP contribution in [0.25, 0.3) is 5.69 Å². The van der Waals surface area contributed by atoms with E-state index >= 15 is 0 Å². The fourth-order valence-corrected chi connectivity index (χ4v) is 3.91. The minimum absolute atomic E-state index is 0.0260. The first kappa shape index (κ1) is 13.5. The van der Waals surface area contributed by atoms with Crippen molar-refractivity contribution < 1.29 is 9.36 Å². The van der Waals surface area contributed by atoms with Crippen LogP contribution < -0.4 is 9.88 Å². The van der Waals surface area contributed by atoms with Crippen molar-refractivity contribution in [3.05, 3.63) is 52.8 Å². The van der Waals surface area contributed by atoms with E-state index in [1.807, 2.05) is 12.1 Å². The largest absolute Gasteiger partial charge is 0.326 e. The maximum Gasteiger partial charge on any atom is 0.221 e. The number of aryl methyl sites for hydroxylation is 2. The molecule has 1 aromatic heterocycles. The van der Waals surface area contributed by atoms with Crippen molar-refractivity contribution in [2.45, 2.75) is 45.4 Å². The molecule has 112 valence electrons. The lowest BCUT2D eigenvalue weighted by atomic mass is 10.1. The zero-order valence-electron chi connectivity index (χ0n) is 13.0. The smallest absolute Gasteiger partial charge is 0.221 e. The van der Waals surface area contributed by atoms with E-state index in [2.05, 4.69) is 28.1 Å². The molecule has 1 aromatic carbocycles. The fourth-order valence-electron chi connectivity index (χ4n) is 3.91. The van der Waals surface area contributed by atoms with Gasteiger partial charge in [-0.3, -0.25) is 4.79 Å². The standard InChI is InChI=1S/C19H20N2O/c1-13(22)20-16-8-10-17(11-9-16)21-18-6-2-4-14(18)12-15-5-3-7-19(15)21/h8-12H,2-7H2,1H3/p+1. The number of pyridine rings is 1. The number of rotatable bonds is 2. The van der Waals surface area contributed by atoms with Crippen molar-refractivity contribution in [3.63, 3.8) is 0 Å². The van der Waals surface area contributed by atoms with E-state index in [1.54, 1.807) is 6.92 Å². The van der Waals surface area contributed by atoms with E-state index < -0.39 is 0 Å². The predicted octanol–water partition coefficient (Wildman–Crippen LogP) is 2.90. The Morgan fingerprint density at radius 2 is 1.55 bits per heavy atom. The number of carbonyl (C=O) groups excluding carboxylic acids is 1. The van der Waals surface area contributed by atoms with Gasteiger partial charge < -0.3 is 5.32 Å². The quantitative estimate of drug-likeness (QED) is 0.849. The van der Waals surface area contributed by atoms with Gasteiger partial charge in [-0.15, -0.1) is 0 Å². The Morgan fingerprint density at radius 3 is 2.09 bits per heavy atom. The molecule has 0 aliphatic heterocycles. The van der Waals surface area contributed by atoms with E-state index in [9.17, 15) is 4.79 Å². The summed E-state index contributed by atoms with van der Waals surface area (Å²) in [7, 11) is 0. The van der Waals surface area contributed by atoms with Gasteiger partial charge in [0.25, 0.3) is 0 Å². The molecule has 0 unspecified atom stereocenters. The zero-order chi connectivity index (χ0) is 15.1. The molecule has 2 aliphatic rings. The number of anilines is 1. The highest BCUT2D eigenvalue weighted by Crippen LogP contribution is 2.28. The third kappa shape index (κ3) is 2.21. The first-order valence-electron chi connectivity index (χ1n) is 8.19. The van der Waals surface area contributed by atoms with Crippen molar-refractivity contribution in [2.24, 2.45) is 0 Å². The van der Waals surface area contributed by atoms with Crippen molar-refractivity contribution in [1.82, 2.24) is 0 Å². The van der Waals surface area contributed by atoms with Crippen LogP contribution in [0.2, 0.25) is 0 Å². The van der Waals surface area contributed by atoms with Crippen LogP contribution in [0.5, 0.6) is 0 Å². The highest BCUT2D eigenvalue weighted by molar-refractivity contribution is 5.88. The highest BCUT2D eigenvalue weighted by Gasteiger charge is 2.31. The lowest BCUT2D eigenvalue weighted by Gasteiger charge is -2.09. The van der Waals surface area contributed by atoms with Gasteiger partial charge in [0.2, 0.25) is 11.6 Å². The molecule has 4 rings (SSSR count). The molecule has 2 aliphatic carbocycles. The molecule has 3 nitrogen and oxygen atoms in total. The van der Waals surface area contributed by atoms with E-state index in [4.69, 9.17) is 0 Å². The maximum absolute atomic E-state index is 11.2. The number of nitrogens with zero attached hydrogens (tertiary/aromatic N) is 1. The van der Waals surface area contributed by atoms with Crippen LogP contribution in [0.1, 0.15) is 42.3 Å². The number of hydrogen-bond acceptors (Lipinski definition) is 1. The number of aromatic nitrogens is 1. The van der Waals surface area contributed by atoms with Crippen LogP contribution in [0.3, 0.4) is 0 Å². The molecular weight excluding hydrogens is 272 g/mol. The van der Waals surface area contributed by atoms with E-state index in [1.165, 1.54) is 66.7 Å². The van der Waals surface area contributed by atoms with Crippen LogP contribution in [-0.4, -0.2) is 5.91 Å². The van der Waals surface area contributed by atoms with Gasteiger partial charge in [0, 0.05) is 48.7 Å².